The van der Waals surface area contributed by atoms with Gasteiger partial charge >= 0.3 is 0 Å². The van der Waals surface area contributed by atoms with Gasteiger partial charge in [-0.05, 0) is 62.2 Å². The van der Waals surface area contributed by atoms with Crippen molar-refractivity contribution in [2.45, 2.75) is 38.6 Å². The fourth-order valence-corrected chi connectivity index (χ4v) is 3.51. The van der Waals surface area contributed by atoms with Crippen LogP contribution in [0.3, 0.4) is 0 Å². The van der Waals surface area contributed by atoms with Crippen LogP contribution in [-0.2, 0) is 0 Å². The zero-order valence-corrected chi connectivity index (χ0v) is 14.8. The maximum absolute atomic E-state index is 12.5. The smallest absolute Gasteiger partial charge is 0.255 e. The molecule has 0 saturated heterocycles. The number of hydrogen-bond donors (Lipinski definition) is 1. The predicted molar refractivity (Wildman–Crippen MR) is 101 cm³/mol. The summed E-state index contributed by atoms with van der Waals surface area (Å²) in [5, 5.41) is 11.5. The second-order valence-electron chi connectivity index (χ2n) is 6.59. The summed E-state index contributed by atoms with van der Waals surface area (Å²) in [5.41, 5.74) is 3.06. The molecule has 0 unspecified atom stereocenters. The number of anilines is 1. The Morgan fingerprint density at radius 3 is 2.69 bits per heavy atom. The number of rotatable bonds is 5. The van der Waals surface area contributed by atoms with E-state index >= 15 is 0 Å². The zero-order valence-electron chi connectivity index (χ0n) is 14.8. The standard InChI is InChI=1S/C20H22N4O2/c1-2-26-17-10-8-15(9-11-17)21-20(25)14-7-12-19-18(13-14)22-23-24(19)16-5-3-4-6-16/h7-13,16H,2-6H2,1H3,(H,21,25). The Hall–Kier alpha value is -2.89. The van der Waals surface area contributed by atoms with Crippen LogP contribution in [0.25, 0.3) is 11.0 Å². The van der Waals surface area contributed by atoms with E-state index in [1.807, 2.05) is 48.0 Å². The van der Waals surface area contributed by atoms with Gasteiger partial charge in [-0.15, -0.1) is 5.10 Å². The van der Waals surface area contributed by atoms with E-state index in [0.717, 1.165) is 35.3 Å². The Bertz CT molecular complexity index is 911. The van der Waals surface area contributed by atoms with Crippen LogP contribution in [0, 0.1) is 0 Å². The Balaban J connectivity index is 1.51. The number of carbonyl (C=O) groups is 1. The summed E-state index contributed by atoms with van der Waals surface area (Å²) >= 11 is 0. The molecule has 0 aliphatic heterocycles. The van der Waals surface area contributed by atoms with E-state index in [1.165, 1.54) is 12.8 Å². The topological polar surface area (TPSA) is 69.0 Å². The van der Waals surface area contributed by atoms with Crippen LogP contribution in [-0.4, -0.2) is 27.5 Å². The van der Waals surface area contributed by atoms with E-state index in [-0.39, 0.29) is 5.91 Å². The first-order valence-electron chi connectivity index (χ1n) is 9.14. The highest BCUT2D eigenvalue weighted by atomic mass is 16.5. The third-order valence-corrected chi connectivity index (χ3v) is 4.83. The highest BCUT2D eigenvalue weighted by Gasteiger charge is 2.20. The van der Waals surface area contributed by atoms with E-state index < -0.39 is 0 Å². The third kappa shape index (κ3) is 3.27. The highest BCUT2D eigenvalue weighted by Crippen LogP contribution is 2.31. The van der Waals surface area contributed by atoms with Gasteiger partial charge in [0, 0.05) is 11.3 Å². The molecule has 6 heteroatoms. The van der Waals surface area contributed by atoms with Crippen LogP contribution in [0.4, 0.5) is 5.69 Å². The monoisotopic (exact) mass is 350 g/mol. The van der Waals surface area contributed by atoms with Crippen molar-refractivity contribution in [1.82, 2.24) is 15.0 Å². The molecule has 6 nitrogen and oxygen atoms in total. The van der Waals surface area contributed by atoms with Crippen LogP contribution in [0.15, 0.2) is 42.5 Å². The number of nitrogens with zero attached hydrogens (tertiary/aromatic N) is 3. The molecule has 2 aromatic carbocycles. The Morgan fingerprint density at radius 2 is 1.96 bits per heavy atom. The summed E-state index contributed by atoms with van der Waals surface area (Å²) in [6.45, 7) is 2.56. The summed E-state index contributed by atoms with van der Waals surface area (Å²) in [6, 6.07) is 13.4. The quantitative estimate of drug-likeness (QED) is 0.749. The van der Waals surface area contributed by atoms with Gasteiger partial charge in [-0.2, -0.15) is 0 Å². The van der Waals surface area contributed by atoms with Gasteiger partial charge in [0.1, 0.15) is 11.3 Å². The first-order valence-corrected chi connectivity index (χ1v) is 9.14. The lowest BCUT2D eigenvalue weighted by Crippen LogP contribution is -2.12. The molecular weight excluding hydrogens is 328 g/mol. The molecule has 1 N–H and O–H groups in total. The van der Waals surface area contributed by atoms with Crippen molar-refractivity contribution in [1.29, 1.82) is 0 Å². The maximum Gasteiger partial charge on any atom is 0.255 e. The average molecular weight is 350 g/mol. The second-order valence-corrected chi connectivity index (χ2v) is 6.59. The largest absolute Gasteiger partial charge is 0.494 e. The average Bonchev–Trinajstić information content (AvgIpc) is 3.32. The highest BCUT2D eigenvalue weighted by molar-refractivity contribution is 6.05. The van der Waals surface area contributed by atoms with Crippen molar-refractivity contribution < 1.29 is 9.53 Å². The van der Waals surface area contributed by atoms with Gasteiger partial charge in [0.2, 0.25) is 0 Å². The molecule has 1 saturated carbocycles. The summed E-state index contributed by atoms with van der Waals surface area (Å²) in [6.07, 6.45) is 4.79. The SMILES string of the molecule is CCOc1ccc(NC(=O)c2ccc3c(c2)nnn3C2CCCC2)cc1. The summed E-state index contributed by atoms with van der Waals surface area (Å²) < 4.78 is 7.42. The third-order valence-electron chi connectivity index (χ3n) is 4.83. The molecule has 0 radical (unpaired) electrons. The Kier molecular flexibility index (Phi) is 4.56. The number of carbonyl (C=O) groups excluding carboxylic acids is 1. The molecular formula is C20H22N4O2. The van der Waals surface area contributed by atoms with Gasteiger partial charge in [-0.1, -0.05) is 18.1 Å². The Labute approximate surface area is 152 Å². The molecule has 3 aromatic rings. The van der Waals surface area contributed by atoms with Crippen molar-refractivity contribution >= 4 is 22.6 Å². The zero-order chi connectivity index (χ0) is 17.9. The first-order chi connectivity index (χ1) is 12.7. The van der Waals surface area contributed by atoms with Crippen LogP contribution in [0.5, 0.6) is 5.75 Å². The molecule has 1 heterocycles. The van der Waals surface area contributed by atoms with Gasteiger partial charge in [-0.3, -0.25) is 4.79 Å². The fourth-order valence-electron chi connectivity index (χ4n) is 3.51. The van der Waals surface area contributed by atoms with E-state index in [4.69, 9.17) is 4.74 Å². The molecule has 1 fully saturated rings. The van der Waals surface area contributed by atoms with Crippen LogP contribution in [0.1, 0.15) is 49.0 Å². The van der Waals surface area contributed by atoms with Gasteiger partial charge in [-0.25, -0.2) is 4.68 Å². The number of amides is 1. The van der Waals surface area contributed by atoms with Crippen LogP contribution >= 0.6 is 0 Å². The lowest BCUT2D eigenvalue weighted by atomic mass is 10.1. The number of aromatic nitrogens is 3. The minimum Gasteiger partial charge on any atom is -0.494 e. The molecule has 1 aliphatic rings. The molecule has 134 valence electrons. The molecule has 0 spiro atoms. The molecule has 1 aliphatic carbocycles. The van der Waals surface area contributed by atoms with Crippen LogP contribution in [0.2, 0.25) is 0 Å². The van der Waals surface area contributed by atoms with Crippen molar-refractivity contribution in [2.24, 2.45) is 0 Å². The molecule has 4 rings (SSSR count). The minimum atomic E-state index is -0.161. The lowest BCUT2D eigenvalue weighted by Gasteiger charge is -2.10. The van der Waals surface area contributed by atoms with Crippen molar-refractivity contribution in [3.8, 4) is 5.75 Å². The van der Waals surface area contributed by atoms with E-state index in [1.54, 1.807) is 6.07 Å². The van der Waals surface area contributed by atoms with Gasteiger partial charge < -0.3 is 10.1 Å². The van der Waals surface area contributed by atoms with Crippen molar-refractivity contribution in [2.75, 3.05) is 11.9 Å². The minimum absolute atomic E-state index is 0.161. The fraction of sp³-hybridized carbons (Fsp3) is 0.350. The molecule has 1 aromatic heterocycles. The number of nitrogens with one attached hydrogen (secondary N) is 1. The molecule has 1 amide bonds. The summed E-state index contributed by atoms with van der Waals surface area (Å²) in [7, 11) is 0. The van der Waals surface area contributed by atoms with E-state index in [0.29, 0.717) is 18.2 Å². The normalized spacial score (nSPS) is 14.7. The first kappa shape index (κ1) is 16.6. The maximum atomic E-state index is 12.5. The van der Waals surface area contributed by atoms with Crippen molar-refractivity contribution in [3.63, 3.8) is 0 Å². The molecule has 0 atom stereocenters. The van der Waals surface area contributed by atoms with Gasteiger partial charge in [0.25, 0.3) is 5.91 Å². The molecule has 0 bridgehead atoms. The second kappa shape index (κ2) is 7.15. The number of fused-ring (bicyclic) bond motifs is 1. The van der Waals surface area contributed by atoms with E-state index in [9.17, 15) is 4.79 Å². The number of benzene rings is 2. The van der Waals surface area contributed by atoms with E-state index in [2.05, 4.69) is 15.6 Å². The van der Waals surface area contributed by atoms with Gasteiger partial charge in [0.05, 0.1) is 18.2 Å². The number of ether oxygens (including phenoxy) is 1. The summed E-state index contributed by atoms with van der Waals surface area (Å²) in [5.74, 6) is 0.627. The van der Waals surface area contributed by atoms with Crippen molar-refractivity contribution in [3.05, 3.63) is 48.0 Å². The van der Waals surface area contributed by atoms with Gasteiger partial charge in [0.15, 0.2) is 0 Å². The summed E-state index contributed by atoms with van der Waals surface area (Å²) in [4.78, 5) is 12.5. The predicted octanol–water partition coefficient (Wildman–Crippen LogP) is 4.20. The lowest BCUT2D eigenvalue weighted by molar-refractivity contribution is 0.102. The van der Waals surface area contributed by atoms with Crippen LogP contribution < -0.4 is 10.1 Å². The Morgan fingerprint density at radius 1 is 1.19 bits per heavy atom. The number of hydrogen-bond acceptors (Lipinski definition) is 4. The molecule has 26 heavy (non-hydrogen) atoms.